The second kappa shape index (κ2) is 8.48. The lowest BCUT2D eigenvalue weighted by Gasteiger charge is -2.44. The Morgan fingerprint density at radius 1 is 1.12 bits per heavy atom. The second-order valence-corrected chi connectivity index (χ2v) is 10.3. The molecule has 0 aliphatic carbocycles. The summed E-state index contributed by atoms with van der Waals surface area (Å²) >= 11 is 0. The molecule has 0 radical (unpaired) electrons. The molecule has 2 aromatic carbocycles. The van der Waals surface area contributed by atoms with Gasteiger partial charge in [0.1, 0.15) is 4.90 Å². The van der Waals surface area contributed by atoms with E-state index in [0.29, 0.717) is 5.92 Å². The van der Waals surface area contributed by atoms with Crippen molar-refractivity contribution in [2.75, 3.05) is 24.5 Å². The van der Waals surface area contributed by atoms with E-state index in [0.717, 1.165) is 43.6 Å². The fourth-order valence-corrected chi connectivity index (χ4v) is 5.64. The van der Waals surface area contributed by atoms with Gasteiger partial charge in [0, 0.05) is 18.2 Å². The van der Waals surface area contributed by atoms with Gasteiger partial charge in [-0.15, -0.1) is 0 Å². The number of carbonyl (C=O) groups is 1. The quantitative estimate of drug-likeness (QED) is 0.650. The average molecular weight is 470 g/mol. The van der Waals surface area contributed by atoms with Crippen LogP contribution in [0.4, 0.5) is 5.69 Å². The summed E-state index contributed by atoms with van der Waals surface area (Å²) in [4.78, 5) is 16.9. The zero-order chi connectivity index (χ0) is 23.2. The first-order valence-electron chi connectivity index (χ1n) is 11.1. The zero-order valence-electron chi connectivity index (χ0n) is 18.3. The van der Waals surface area contributed by atoms with Gasteiger partial charge in [-0.3, -0.25) is 9.35 Å². The third-order valence-electron chi connectivity index (χ3n) is 6.70. The number of fused-ring (bicyclic) bond motifs is 3. The number of anilines is 1. The molecule has 1 amide bonds. The molecule has 3 fully saturated rings. The summed E-state index contributed by atoms with van der Waals surface area (Å²) in [5.74, 6) is 0.256. The Bertz CT molecular complexity index is 1190. The minimum absolute atomic E-state index is 0.0704. The van der Waals surface area contributed by atoms with Crippen LogP contribution in [0.25, 0.3) is 0 Å². The topological polar surface area (TPSA) is 99.2 Å². The Kier molecular flexibility index (Phi) is 5.64. The van der Waals surface area contributed by atoms with Crippen LogP contribution in [0.15, 0.2) is 65.4 Å². The van der Waals surface area contributed by atoms with Crippen molar-refractivity contribution in [2.24, 2.45) is 5.92 Å². The van der Waals surface area contributed by atoms with E-state index in [2.05, 4.69) is 10.2 Å². The molecule has 0 spiro atoms. The number of amides is 1. The molecule has 4 heterocycles. The highest BCUT2D eigenvalue weighted by atomic mass is 32.2. The maximum absolute atomic E-state index is 13.2. The summed E-state index contributed by atoms with van der Waals surface area (Å²) in [6.07, 6.45) is 2.92. The van der Waals surface area contributed by atoms with Crippen LogP contribution in [0.2, 0.25) is 0 Å². The van der Waals surface area contributed by atoms with Gasteiger partial charge in [0.25, 0.3) is 16.0 Å². The first-order valence-corrected chi connectivity index (χ1v) is 12.6. The van der Waals surface area contributed by atoms with E-state index in [1.54, 1.807) is 17.0 Å². The van der Waals surface area contributed by atoms with Gasteiger partial charge in [-0.1, -0.05) is 36.4 Å². The number of rotatable bonds is 5. The Morgan fingerprint density at radius 3 is 2.48 bits per heavy atom. The molecule has 4 aliphatic rings. The van der Waals surface area contributed by atoms with Crippen molar-refractivity contribution in [3.05, 3.63) is 71.6 Å². The van der Waals surface area contributed by atoms with E-state index in [1.165, 1.54) is 12.3 Å². The number of nitrogens with one attached hydrogen (secondary N) is 1. The molecule has 2 atom stereocenters. The lowest BCUT2D eigenvalue weighted by atomic mass is 9.84. The summed E-state index contributed by atoms with van der Waals surface area (Å²) in [5.41, 5.74) is 1.81. The first-order chi connectivity index (χ1) is 15.8. The van der Waals surface area contributed by atoms with Crippen molar-refractivity contribution >= 4 is 21.7 Å². The third-order valence-corrected chi connectivity index (χ3v) is 7.60. The maximum atomic E-state index is 13.2. The third kappa shape index (κ3) is 4.36. The van der Waals surface area contributed by atoms with Crippen LogP contribution in [-0.4, -0.2) is 49.5 Å². The average Bonchev–Trinajstić information content (AvgIpc) is 3.25. The largest absolute Gasteiger partial charge is 0.459 e. The van der Waals surface area contributed by atoms with Crippen LogP contribution in [0.1, 0.15) is 30.2 Å². The maximum Gasteiger partial charge on any atom is 0.296 e. The summed E-state index contributed by atoms with van der Waals surface area (Å²) in [6, 6.07) is 14.0. The minimum atomic E-state index is -4.49. The van der Waals surface area contributed by atoms with Crippen LogP contribution < -0.4 is 10.2 Å². The van der Waals surface area contributed by atoms with Crippen LogP contribution >= 0.6 is 0 Å². The van der Waals surface area contributed by atoms with Gasteiger partial charge in [-0.2, -0.15) is 8.42 Å². The highest BCUT2D eigenvalue weighted by Gasteiger charge is 2.38. The summed E-state index contributed by atoms with van der Waals surface area (Å²) in [5, 5.41) is 3.12. The van der Waals surface area contributed by atoms with Crippen molar-refractivity contribution in [1.82, 2.24) is 10.2 Å². The monoisotopic (exact) mass is 469 g/mol. The molecule has 8 nitrogen and oxygen atoms in total. The highest BCUT2D eigenvalue weighted by molar-refractivity contribution is 7.86. The van der Waals surface area contributed by atoms with Crippen LogP contribution in [0.3, 0.4) is 0 Å². The van der Waals surface area contributed by atoms with Crippen molar-refractivity contribution < 1.29 is 22.5 Å². The fourth-order valence-electron chi connectivity index (χ4n) is 4.97. The number of hydrogen-bond donors (Lipinski definition) is 2. The van der Waals surface area contributed by atoms with Crippen LogP contribution in [0.5, 0.6) is 0 Å². The summed E-state index contributed by atoms with van der Waals surface area (Å²) < 4.78 is 40.1. The predicted octanol–water partition coefficient (Wildman–Crippen LogP) is 2.83. The van der Waals surface area contributed by atoms with Gasteiger partial charge in [-0.05, 0) is 56.5 Å². The SMILES string of the molecule is Cc1ccc(S(=O)(=O)O)c(N2C=C(C(=O)N[C@H]3CN4CCC3CC4)OC2c2ccccc2)c1. The molecular weight excluding hydrogens is 442 g/mol. The standard InChI is InChI=1S/C24H27N3O5S/c1-16-7-8-22(33(29,30)31)20(13-16)27-15-21(32-24(27)18-5-3-2-4-6-18)23(28)25-19-14-26-11-9-17(19)10-12-26/h2-8,13,15,17,19,24H,9-12,14H2,1H3,(H,25,28)(H,29,30,31)/t19-,24?/m0/s1. The van der Waals surface area contributed by atoms with Crippen molar-refractivity contribution in [3.63, 3.8) is 0 Å². The van der Waals surface area contributed by atoms with E-state index >= 15 is 0 Å². The van der Waals surface area contributed by atoms with E-state index in [-0.39, 0.29) is 28.3 Å². The number of hydrogen-bond acceptors (Lipinski definition) is 6. The minimum Gasteiger partial charge on any atom is -0.459 e. The van der Waals surface area contributed by atoms with Crippen LogP contribution in [-0.2, 0) is 19.6 Å². The zero-order valence-corrected chi connectivity index (χ0v) is 19.2. The lowest BCUT2D eigenvalue weighted by Crippen LogP contribution is -2.57. The number of carbonyl (C=O) groups excluding carboxylic acids is 1. The van der Waals surface area contributed by atoms with Crippen molar-refractivity contribution in [3.8, 4) is 0 Å². The number of ether oxygens (including phenoxy) is 1. The van der Waals surface area contributed by atoms with E-state index < -0.39 is 16.3 Å². The van der Waals surface area contributed by atoms with E-state index in [9.17, 15) is 17.8 Å². The smallest absolute Gasteiger partial charge is 0.296 e. The molecule has 4 aliphatic heterocycles. The first kappa shape index (κ1) is 21.9. The highest BCUT2D eigenvalue weighted by Crippen LogP contribution is 2.39. The summed E-state index contributed by atoms with van der Waals surface area (Å²) in [7, 11) is -4.49. The predicted molar refractivity (Wildman–Crippen MR) is 123 cm³/mol. The second-order valence-electron chi connectivity index (χ2n) is 8.95. The van der Waals surface area contributed by atoms with Gasteiger partial charge in [0.15, 0.2) is 0 Å². The number of piperidine rings is 3. The van der Waals surface area contributed by atoms with Gasteiger partial charge in [0.05, 0.1) is 11.9 Å². The number of benzene rings is 2. The fraction of sp³-hybridized carbons (Fsp3) is 0.375. The molecule has 0 aromatic heterocycles. The van der Waals surface area contributed by atoms with Crippen molar-refractivity contribution in [1.29, 1.82) is 0 Å². The molecule has 174 valence electrons. The molecule has 9 heteroatoms. The molecule has 0 saturated carbocycles. The molecule has 1 unspecified atom stereocenters. The Balaban J connectivity index is 1.49. The summed E-state index contributed by atoms with van der Waals surface area (Å²) in [6.45, 7) is 4.81. The molecule has 3 saturated heterocycles. The van der Waals surface area contributed by atoms with E-state index in [1.807, 2.05) is 37.3 Å². The lowest BCUT2D eigenvalue weighted by molar-refractivity contribution is -0.123. The van der Waals surface area contributed by atoms with E-state index in [4.69, 9.17) is 4.74 Å². The number of nitrogens with zero attached hydrogens (tertiary/aromatic N) is 2. The Hall–Kier alpha value is -2.88. The number of aryl methyl sites for hydroxylation is 1. The molecule has 2 bridgehead atoms. The Morgan fingerprint density at radius 2 is 1.85 bits per heavy atom. The molecule has 6 rings (SSSR count). The molecular formula is C24H27N3O5S. The van der Waals surface area contributed by atoms with Crippen molar-refractivity contribution in [2.45, 2.75) is 36.9 Å². The van der Waals surface area contributed by atoms with Gasteiger partial charge >= 0.3 is 0 Å². The van der Waals surface area contributed by atoms with Gasteiger partial charge < -0.3 is 19.9 Å². The van der Waals surface area contributed by atoms with Crippen LogP contribution in [0, 0.1) is 12.8 Å². The molecule has 33 heavy (non-hydrogen) atoms. The normalized spacial score (nSPS) is 26.6. The molecule has 2 aromatic rings. The Labute approximate surface area is 193 Å². The van der Waals surface area contributed by atoms with Gasteiger partial charge in [-0.25, -0.2) is 0 Å². The molecule has 2 N–H and O–H groups in total. The van der Waals surface area contributed by atoms with Gasteiger partial charge in [0.2, 0.25) is 12.0 Å².